The molecule has 12 nitrogen and oxygen atoms in total. The van der Waals surface area contributed by atoms with E-state index in [0.29, 0.717) is 44.6 Å². The first kappa shape index (κ1) is 59.1. The van der Waals surface area contributed by atoms with Crippen molar-refractivity contribution < 1.29 is 56.3 Å². The van der Waals surface area contributed by atoms with E-state index >= 15 is 0 Å². The lowest BCUT2D eigenvalue weighted by molar-refractivity contribution is -0.271. The van der Waals surface area contributed by atoms with Crippen molar-refractivity contribution in [2.24, 2.45) is 11.8 Å². The Hall–Kier alpha value is -0.609. The van der Waals surface area contributed by atoms with E-state index in [-0.39, 0.29) is 104 Å². The van der Waals surface area contributed by atoms with Crippen LogP contribution in [0.15, 0.2) is 37.0 Å². The fraction of sp³-hybridized carbons (Fsp3) is 0.895. The fourth-order valence-corrected chi connectivity index (χ4v) is 22.6. The summed E-state index contributed by atoms with van der Waals surface area (Å²) in [7, 11) is -4.00. The van der Waals surface area contributed by atoms with Crippen molar-refractivity contribution in [3.05, 3.63) is 37.0 Å². The number of methoxy groups -OCH3 is 1. The third-order valence-electron chi connectivity index (χ3n) is 19.7. The Labute approximate surface area is 440 Å². The zero-order valence-corrected chi connectivity index (χ0v) is 50.0. The molecule has 8 aliphatic rings. The SMILES string of the molecule is C=CC[C@@H]1O[C@@H]2C3O[C@@H]4C[C@](CCC5CC(=C)[C@H](CCC6CC(C)C(=C)C(CC7OC(CC(CO[Si](CC)(CC)CC)O[Si](CC)(CC)CC)[C@H](OC)C7CCO)O6)O5)(OC3C1O[Si](CC)(CC)CC)OC24. The van der Waals surface area contributed by atoms with Gasteiger partial charge in [-0.25, -0.2) is 0 Å². The second-order valence-corrected chi connectivity index (χ2v) is 37.4. The normalized spacial score (nSPS) is 38.3. The van der Waals surface area contributed by atoms with E-state index in [4.69, 9.17) is 51.2 Å². The number of aliphatic hydroxyl groups is 1. The van der Waals surface area contributed by atoms with Crippen LogP contribution in [0.25, 0.3) is 0 Å². The van der Waals surface area contributed by atoms with Gasteiger partial charge in [0, 0.05) is 45.3 Å². The van der Waals surface area contributed by atoms with Crippen molar-refractivity contribution in [3.63, 3.8) is 0 Å². The Morgan fingerprint density at radius 3 is 1.96 bits per heavy atom. The van der Waals surface area contributed by atoms with E-state index in [1.54, 1.807) is 7.11 Å². The van der Waals surface area contributed by atoms with Crippen molar-refractivity contribution >= 4 is 25.0 Å². The van der Waals surface area contributed by atoms with Gasteiger partial charge in [-0.05, 0) is 116 Å². The minimum absolute atomic E-state index is 0.0227. The van der Waals surface area contributed by atoms with Crippen LogP contribution < -0.4 is 0 Å². The average molecular weight is 1060 g/mol. The standard InChI is InChI=1S/C57H102O12Si3/c1-15-25-46-53(69-72(22-8,23-9)24-10)56-55-54(64-46)52-50(65-55)36-57(66-52,67-56)30-28-42-33-39(12)45(61-42)27-26-41-32-38(11)40(13)47(62-41)35-48-44(29-31-58)51(59-14)49(63-48)34-43(68-71(19-5,20-6)21-7)37-60-70(16-2,17-3)18-4/h15,38,41-56,58H,1,12-13,16-37H2,2-11,14H3/t38?,41?,42?,43?,44?,45-,46-,47?,48?,49?,50+,51+,52?,53?,54-,55?,56?,57-/m0/s1. The van der Waals surface area contributed by atoms with E-state index in [9.17, 15) is 5.11 Å². The lowest BCUT2D eigenvalue weighted by Gasteiger charge is -2.47. The first-order valence-electron chi connectivity index (χ1n) is 29.4. The summed E-state index contributed by atoms with van der Waals surface area (Å²) in [5.74, 6) is -0.430. The van der Waals surface area contributed by atoms with Crippen LogP contribution in [0.1, 0.15) is 140 Å². The summed E-state index contributed by atoms with van der Waals surface area (Å²) in [6.07, 6.45) is 8.57. The highest BCUT2D eigenvalue weighted by Crippen LogP contribution is 2.54. The lowest BCUT2D eigenvalue weighted by Crippen LogP contribution is -2.62. The molecule has 8 rings (SSSR count). The van der Waals surface area contributed by atoms with Crippen molar-refractivity contribution in [2.75, 3.05) is 20.3 Å². The van der Waals surface area contributed by atoms with Gasteiger partial charge in [-0.15, -0.1) is 6.58 Å². The molecule has 0 amide bonds. The molecule has 0 aromatic rings. The van der Waals surface area contributed by atoms with Crippen LogP contribution in [-0.2, 0) is 51.2 Å². The van der Waals surface area contributed by atoms with Crippen molar-refractivity contribution in [1.29, 1.82) is 0 Å². The van der Waals surface area contributed by atoms with Gasteiger partial charge in [0.15, 0.2) is 30.7 Å². The largest absolute Gasteiger partial charge is 0.414 e. The molecule has 0 aromatic heterocycles. The van der Waals surface area contributed by atoms with Gasteiger partial charge >= 0.3 is 0 Å². The predicted molar refractivity (Wildman–Crippen MR) is 293 cm³/mol. The quantitative estimate of drug-likeness (QED) is 0.0525. The molecule has 8 aliphatic heterocycles. The minimum atomic E-state index is -2.00. The monoisotopic (exact) mass is 1060 g/mol. The molecule has 15 heteroatoms. The number of rotatable bonds is 31. The summed E-state index contributed by atoms with van der Waals surface area (Å²) in [5, 5.41) is 10.4. The molecule has 0 radical (unpaired) electrons. The third-order valence-corrected chi connectivity index (χ3v) is 33.7. The summed E-state index contributed by atoms with van der Waals surface area (Å²) >= 11 is 0. The van der Waals surface area contributed by atoms with Crippen LogP contribution in [0.5, 0.6) is 0 Å². The van der Waals surface area contributed by atoms with Crippen molar-refractivity contribution in [1.82, 2.24) is 0 Å². The second-order valence-electron chi connectivity index (χ2n) is 23.2. The van der Waals surface area contributed by atoms with Crippen LogP contribution in [0, 0.1) is 11.8 Å². The highest BCUT2D eigenvalue weighted by atomic mass is 28.4. The molecular weight excluding hydrogens is 961 g/mol. The Balaban J connectivity index is 0.961. The van der Waals surface area contributed by atoms with Crippen LogP contribution in [-0.4, -0.2) is 148 Å². The van der Waals surface area contributed by atoms with Gasteiger partial charge in [-0.3, -0.25) is 0 Å². The van der Waals surface area contributed by atoms with Crippen molar-refractivity contribution in [3.8, 4) is 0 Å². The van der Waals surface area contributed by atoms with E-state index in [1.165, 1.54) is 0 Å². The first-order chi connectivity index (χ1) is 34.6. The Morgan fingerprint density at radius 2 is 1.33 bits per heavy atom. The Bertz CT molecular complexity index is 1720. The molecule has 12 unspecified atom stereocenters. The molecule has 8 saturated heterocycles. The van der Waals surface area contributed by atoms with Crippen LogP contribution >= 0.6 is 0 Å². The molecule has 8 heterocycles. The Kier molecular flexibility index (Phi) is 21.2. The van der Waals surface area contributed by atoms with Gasteiger partial charge in [0.05, 0.1) is 67.6 Å². The highest BCUT2D eigenvalue weighted by Gasteiger charge is 2.68. The van der Waals surface area contributed by atoms with Crippen LogP contribution in [0.3, 0.4) is 0 Å². The van der Waals surface area contributed by atoms with Gasteiger partial charge < -0.3 is 56.3 Å². The maximum absolute atomic E-state index is 10.4. The summed E-state index contributed by atoms with van der Waals surface area (Å²) in [6.45, 7) is 36.8. The molecule has 0 spiro atoms. The number of hydrogen-bond donors (Lipinski definition) is 1. The minimum Gasteiger partial charge on any atom is -0.414 e. The molecular formula is C57H102O12Si3. The molecule has 0 saturated carbocycles. The third kappa shape index (κ3) is 12.6. The molecule has 0 aliphatic carbocycles. The maximum Gasteiger partial charge on any atom is 0.192 e. The molecule has 8 fully saturated rings. The molecule has 414 valence electrons. The van der Waals surface area contributed by atoms with E-state index in [0.717, 1.165) is 104 Å². The molecule has 6 bridgehead atoms. The average Bonchev–Trinajstić information content (AvgIpc) is 4.08. The van der Waals surface area contributed by atoms with Crippen molar-refractivity contribution in [2.45, 2.75) is 292 Å². The number of ether oxygens (including phenoxy) is 8. The molecule has 18 atom stereocenters. The van der Waals surface area contributed by atoms with Gasteiger partial charge in [-0.2, -0.15) is 0 Å². The summed E-state index contributed by atoms with van der Waals surface area (Å²) in [6, 6.07) is 9.73. The molecule has 0 aromatic carbocycles. The van der Waals surface area contributed by atoms with Gasteiger partial charge in [0.2, 0.25) is 0 Å². The molecule has 1 N–H and O–H groups in total. The van der Waals surface area contributed by atoms with Gasteiger partial charge in [-0.1, -0.05) is 88.5 Å². The zero-order valence-electron chi connectivity index (χ0n) is 47.0. The summed E-state index contributed by atoms with van der Waals surface area (Å²) in [4.78, 5) is 0. The molecule has 72 heavy (non-hydrogen) atoms. The first-order valence-corrected chi connectivity index (χ1v) is 36.9. The Morgan fingerprint density at radius 1 is 0.694 bits per heavy atom. The highest BCUT2D eigenvalue weighted by molar-refractivity contribution is 6.74. The predicted octanol–water partition coefficient (Wildman–Crippen LogP) is 12.0. The lowest BCUT2D eigenvalue weighted by atomic mass is 9.82. The van der Waals surface area contributed by atoms with Gasteiger partial charge in [0.25, 0.3) is 0 Å². The topological polar surface area (TPSA) is 122 Å². The zero-order chi connectivity index (χ0) is 52.0. The van der Waals surface area contributed by atoms with E-state index in [2.05, 4.69) is 89.0 Å². The van der Waals surface area contributed by atoms with E-state index < -0.39 is 30.7 Å². The number of hydrogen-bond acceptors (Lipinski definition) is 12. The van der Waals surface area contributed by atoms with Crippen LogP contribution in [0.4, 0.5) is 0 Å². The van der Waals surface area contributed by atoms with Crippen LogP contribution in [0.2, 0.25) is 54.4 Å². The summed E-state index contributed by atoms with van der Waals surface area (Å²) < 4.78 is 76.5. The fourth-order valence-electron chi connectivity index (χ4n) is 14.3. The maximum atomic E-state index is 10.4. The summed E-state index contributed by atoms with van der Waals surface area (Å²) in [5.41, 5.74) is 2.28. The second kappa shape index (κ2) is 25.9. The van der Waals surface area contributed by atoms with Gasteiger partial charge in [0.1, 0.15) is 30.5 Å². The van der Waals surface area contributed by atoms with E-state index in [1.807, 2.05) is 6.08 Å². The number of aliphatic hydroxyl groups excluding tert-OH is 1. The smallest absolute Gasteiger partial charge is 0.192 e.